The van der Waals surface area contributed by atoms with E-state index in [-0.39, 0.29) is 0 Å². The number of hydrogen-bond acceptors (Lipinski definition) is 4. The lowest BCUT2D eigenvalue weighted by atomic mass is 9.83. The Hall–Kier alpha value is -1.75. The molecule has 1 aliphatic heterocycles. The molecule has 1 heterocycles. The molecule has 0 spiro atoms. The number of hydrogen-bond donors (Lipinski definition) is 1. The van der Waals surface area contributed by atoms with Crippen molar-refractivity contribution in [1.29, 1.82) is 0 Å². The van der Waals surface area contributed by atoms with Crippen molar-refractivity contribution >= 4 is 5.97 Å². The number of quaternary nitrogens is 1. The first-order valence-electron chi connectivity index (χ1n) is 7.75. The van der Waals surface area contributed by atoms with Gasteiger partial charge in [-0.25, -0.2) is 4.79 Å². The Morgan fingerprint density at radius 3 is 2.18 bits per heavy atom. The molecule has 1 aromatic rings. The minimum Gasteiger partial charge on any atom is -0.496 e. The number of methoxy groups -OCH3 is 2. The van der Waals surface area contributed by atoms with Gasteiger partial charge in [-0.1, -0.05) is 6.07 Å². The number of carbonyl (C=O) groups excluding carboxylic acids is 1. The molecule has 0 aliphatic carbocycles. The van der Waals surface area contributed by atoms with Crippen LogP contribution in [0, 0.1) is 5.92 Å². The largest absolute Gasteiger partial charge is 0.496 e. The SMILES string of the molecule is COc1cccc(OC)c1C(=O)OC(C)(C)C1CC[NH2+]CC1. The molecule has 0 radical (unpaired) electrons. The Bertz CT molecular complexity index is 499. The molecule has 1 aromatic carbocycles. The first kappa shape index (κ1) is 16.6. The summed E-state index contributed by atoms with van der Waals surface area (Å²) in [6, 6.07) is 5.26. The smallest absolute Gasteiger partial charge is 0.346 e. The van der Waals surface area contributed by atoms with Crippen molar-refractivity contribution in [3.63, 3.8) is 0 Å². The fourth-order valence-corrected chi connectivity index (χ4v) is 3.05. The van der Waals surface area contributed by atoms with E-state index in [0.717, 1.165) is 25.9 Å². The van der Waals surface area contributed by atoms with E-state index in [0.29, 0.717) is 23.0 Å². The van der Waals surface area contributed by atoms with Crippen molar-refractivity contribution in [3.05, 3.63) is 23.8 Å². The fourth-order valence-electron chi connectivity index (χ4n) is 3.05. The highest BCUT2D eigenvalue weighted by Crippen LogP contribution is 2.33. The molecule has 5 nitrogen and oxygen atoms in total. The second kappa shape index (κ2) is 7.01. The number of esters is 1. The molecule has 1 fully saturated rings. The average Bonchev–Trinajstić information content (AvgIpc) is 2.54. The maximum absolute atomic E-state index is 12.7. The minimum absolute atomic E-state index is 0.350. The number of benzene rings is 1. The molecule has 0 aromatic heterocycles. The molecular formula is C17H26NO4+. The Morgan fingerprint density at radius 1 is 1.14 bits per heavy atom. The van der Waals surface area contributed by atoms with Crippen LogP contribution in [0.3, 0.4) is 0 Å². The van der Waals surface area contributed by atoms with E-state index in [1.54, 1.807) is 18.2 Å². The van der Waals surface area contributed by atoms with Crippen LogP contribution in [0.5, 0.6) is 11.5 Å². The molecule has 0 bridgehead atoms. The molecule has 22 heavy (non-hydrogen) atoms. The van der Waals surface area contributed by atoms with Crippen molar-refractivity contribution in [3.8, 4) is 11.5 Å². The van der Waals surface area contributed by atoms with Crippen LogP contribution in [0.2, 0.25) is 0 Å². The molecular weight excluding hydrogens is 282 g/mol. The molecule has 122 valence electrons. The van der Waals surface area contributed by atoms with Gasteiger partial charge in [-0.2, -0.15) is 0 Å². The van der Waals surface area contributed by atoms with Gasteiger partial charge in [0, 0.05) is 18.8 Å². The fraction of sp³-hybridized carbons (Fsp3) is 0.588. The van der Waals surface area contributed by atoms with Crippen molar-refractivity contribution < 1.29 is 24.3 Å². The van der Waals surface area contributed by atoms with Crippen LogP contribution in [0.15, 0.2) is 18.2 Å². The van der Waals surface area contributed by atoms with Gasteiger partial charge < -0.3 is 19.5 Å². The Balaban J connectivity index is 2.21. The molecule has 1 aliphatic rings. The van der Waals surface area contributed by atoms with Crippen LogP contribution in [-0.4, -0.2) is 38.9 Å². The van der Waals surface area contributed by atoms with Crippen molar-refractivity contribution in [1.82, 2.24) is 0 Å². The third-order valence-corrected chi connectivity index (χ3v) is 4.41. The summed E-state index contributed by atoms with van der Waals surface area (Å²) < 4.78 is 16.4. The maximum atomic E-state index is 12.7. The van der Waals surface area contributed by atoms with Gasteiger partial charge in [0.15, 0.2) is 0 Å². The summed E-state index contributed by atoms with van der Waals surface area (Å²) in [5, 5.41) is 2.30. The molecule has 1 saturated heterocycles. The zero-order valence-electron chi connectivity index (χ0n) is 13.8. The predicted octanol–water partition coefficient (Wildman–Crippen LogP) is 1.61. The summed E-state index contributed by atoms with van der Waals surface area (Å²) in [5.74, 6) is 0.922. The predicted molar refractivity (Wildman–Crippen MR) is 83.4 cm³/mol. The molecule has 0 atom stereocenters. The molecule has 5 heteroatoms. The summed E-state index contributed by atoms with van der Waals surface area (Å²) in [5.41, 5.74) is -0.153. The van der Waals surface area contributed by atoms with Gasteiger partial charge >= 0.3 is 5.97 Å². The van der Waals surface area contributed by atoms with Gasteiger partial charge in [-0.3, -0.25) is 0 Å². The Morgan fingerprint density at radius 2 is 1.68 bits per heavy atom. The van der Waals surface area contributed by atoms with Crippen LogP contribution in [0.4, 0.5) is 0 Å². The minimum atomic E-state index is -0.503. The van der Waals surface area contributed by atoms with Gasteiger partial charge in [0.2, 0.25) is 0 Å². The highest BCUT2D eigenvalue weighted by atomic mass is 16.6. The van der Waals surface area contributed by atoms with Crippen LogP contribution >= 0.6 is 0 Å². The normalized spacial score (nSPS) is 16.2. The van der Waals surface area contributed by atoms with Crippen molar-refractivity contribution in [2.45, 2.75) is 32.3 Å². The molecule has 0 saturated carbocycles. The van der Waals surface area contributed by atoms with E-state index < -0.39 is 11.6 Å². The van der Waals surface area contributed by atoms with Crippen LogP contribution < -0.4 is 14.8 Å². The van der Waals surface area contributed by atoms with E-state index in [1.807, 2.05) is 13.8 Å². The monoisotopic (exact) mass is 308 g/mol. The van der Waals surface area contributed by atoms with Crippen molar-refractivity contribution in [2.24, 2.45) is 5.92 Å². The number of piperidine rings is 1. The van der Waals surface area contributed by atoms with Crippen LogP contribution in [0.25, 0.3) is 0 Å². The highest BCUT2D eigenvalue weighted by Gasteiger charge is 2.36. The second-order valence-corrected chi connectivity index (χ2v) is 6.17. The quantitative estimate of drug-likeness (QED) is 0.840. The summed E-state index contributed by atoms with van der Waals surface area (Å²) in [6.07, 6.45) is 2.12. The van der Waals surface area contributed by atoms with Gasteiger partial charge in [-0.15, -0.1) is 0 Å². The first-order valence-corrected chi connectivity index (χ1v) is 7.75. The van der Waals surface area contributed by atoms with E-state index in [1.165, 1.54) is 14.2 Å². The number of ether oxygens (including phenoxy) is 3. The van der Waals surface area contributed by atoms with Gasteiger partial charge in [-0.05, 0) is 26.0 Å². The van der Waals surface area contributed by atoms with E-state index in [4.69, 9.17) is 14.2 Å². The van der Waals surface area contributed by atoms with Crippen LogP contribution in [-0.2, 0) is 4.74 Å². The summed E-state index contributed by atoms with van der Waals surface area (Å²) in [6.45, 7) is 6.15. The van der Waals surface area contributed by atoms with Crippen LogP contribution in [0.1, 0.15) is 37.0 Å². The zero-order valence-corrected chi connectivity index (χ0v) is 13.8. The third-order valence-electron chi connectivity index (χ3n) is 4.41. The Kier molecular flexibility index (Phi) is 5.29. The number of rotatable bonds is 5. The van der Waals surface area contributed by atoms with Gasteiger partial charge in [0.1, 0.15) is 22.7 Å². The molecule has 2 rings (SSSR count). The van der Waals surface area contributed by atoms with E-state index in [2.05, 4.69) is 5.32 Å². The van der Waals surface area contributed by atoms with Crippen molar-refractivity contribution in [2.75, 3.05) is 27.3 Å². The number of carbonyl (C=O) groups is 1. The summed E-state index contributed by atoms with van der Waals surface area (Å²) >= 11 is 0. The van der Waals surface area contributed by atoms with E-state index >= 15 is 0 Å². The first-order chi connectivity index (χ1) is 10.5. The summed E-state index contributed by atoms with van der Waals surface area (Å²) in [7, 11) is 3.07. The highest BCUT2D eigenvalue weighted by molar-refractivity contribution is 5.95. The molecule has 0 unspecified atom stereocenters. The zero-order chi connectivity index (χ0) is 16.2. The second-order valence-electron chi connectivity index (χ2n) is 6.17. The maximum Gasteiger partial charge on any atom is 0.346 e. The lowest BCUT2D eigenvalue weighted by Gasteiger charge is -2.35. The standard InChI is InChI=1S/C17H25NO4/c1-17(2,12-8-10-18-11-9-12)22-16(19)15-13(20-3)6-5-7-14(15)21-4/h5-7,12,18H,8-11H2,1-4H3/p+1. The summed E-state index contributed by atoms with van der Waals surface area (Å²) in [4.78, 5) is 12.7. The Labute approximate surface area is 131 Å². The van der Waals surface area contributed by atoms with Gasteiger partial charge in [0.25, 0.3) is 0 Å². The lowest BCUT2D eigenvalue weighted by molar-refractivity contribution is -0.665. The van der Waals surface area contributed by atoms with E-state index in [9.17, 15) is 4.79 Å². The third kappa shape index (κ3) is 3.53. The molecule has 2 N–H and O–H groups in total. The topological polar surface area (TPSA) is 61.4 Å². The average molecular weight is 308 g/mol. The lowest BCUT2D eigenvalue weighted by Crippen LogP contribution is -2.86. The van der Waals surface area contributed by atoms with Gasteiger partial charge in [0.05, 0.1) is 27.3 Å². The molecule has 0 amide bonds. The number of nitrogens with two attached hydrogens (primary N) is 1.